The quantitative estimate of drug-likeness (QED) is 0.425. The summed E-state index contributed by atoms with van der Waals surface area (Å²) in [6.07, 6.45) is -0.775. The van der Waals surface area contributed by atoms with Gasteiger partial charge in [-0.15, -0.1) is 0 Å². The molecule has 0 fully saturated rings. The van der Waals surface area contributed by atoms with Gasteiger partial charge in [-0.1, -0.05) is 72.8 Å². The maximum absolute atomic E-state index is 12.4. The molecule has 0 saturated carbocycles. The van der Waals surface area contributed by atoms with Gasteiger partial charge in [0, 0.05) is 12.3 Å². The van der Waals surface area contributed by atoms with Crippen LogP contribution in [0.3, 0.4) is 0 Å². The van der Waals surface area contributed by atoms with E-state index >= 15 is 0 Å². The zero-order chi connectivity index (χ0) is 22.7. The first-order valence-electron chi connectivity index (χ1n) is 10.2. The number of hydrogen-bond acceptors (Lipinski definition) is 5. The molecule has 0 radical (unpaired) electrons. The van der Waals surface area contributed by atoms with Crippen molar-refractivity contribution in [2.75, 3.05) is 6.61 Å². The predicted molar refractivity (Wildman–Crippen MR) is 120 cm³/mol. The molecule has 0 aromatic heterocycles. The predicted octanol–water partition coefficient (Wildman–Crippen LogP) is 1.90. The summed E-state index contributed by atoms with van der Waals surface area (Å²) in [6.45, 7) is 0.0925. The lowest BCUT2D eigenvalue weighted by Crippen LogP contribution is -2.43. The zero-order valence-corrected chi connectivity index (χ0v) is 17.1. The molecule has 32 heavy (non-hydrogen) atoms. The van der Waals surface area contributed by atoms with E-state index in [9.17, 15) is 14.7 Å². The lowest BCUT2D eigenvalue weighted by atomic mass is 9.80. The number of hydrogen-bond donors (Lipinski definition) is 4. The van der Waals surface area contributed by atoms with E-state index in [-0.39, 0.29) is 18.9 Å². The van der Waals surface area contributed by atoms with Crippen LogP contribution in [0.4, 0.5) is 4.79 Å². The Morgan fingerprint density at radius 2 is 1.47 bits per heavy atom. The Morgan fingerprint density at radius 3 is 2.00 bits per heavy atom. The molecule has 0 heterocycles. The lowest BCUT2D eigenvalue weighted by Gasteiger charge is -2.17. The number of benzene rings is 3. The third-order valence-electron chi connectivity index (χ3n) is 5.65. The van der Waals surface area contributed by atoms with Gasteiger partial charge in [-0.3, -0.25) is 0 Å². The van der Waals surface area contributed by atoms with Crippen LogP contribution < -0.4 is 10.8 Å². The third kappa shape index (κ3) is 4.51. The van der Waals surface area contributed by atoms with Gasteiger partial charge in [-0.2, -0.15) is 0 Å². The van der Waals surface area contributed by atoms with Crippen LogP contribution in [0.25, 0.3) is 11.1 Å². The summed E-state index contributed by atoms with van der Waals surface area (Å²) in [6, 6.07) is 20.9. The summed E-state index contributed by atoms with van der Waals surface area (Å²) in [5.74, 6) is -1.31. The second-order valence-electron chi connectivity index (χ2n) is 7.68. The molecule has 0 spiro atoms. The second-order valence-corrected chi connectivity index (χ2v) is 7.68. The minimum atomic E-state index is -1.60. The highest BCUT2D eigenvalue weighted by atomic mass is 16.5. The topological polar surface area (TPSA) is 116 Å². The number of amides is 1. The number of fused-ring (bicyclic) bond motifs is 3. The summed E-state index contributed by atoms with van der Waals surface area (Å²) < 4.78 is 5.43. The van der Waals surface area contributed by atoms with Gasteiger partial charge in [-0.05, 0) is 33.3 Å². The second kappa shape index (κ2) is 9.26. The Labute approximate surface area is 185 Å². The minimum absolute atomic E-state index is 0.0291. The molecule has 1 aliphatic carbocycles. The molecule has 4 rings (SSSR count). The monoisotopic (exact) mass is 431 g/mol. The first kappa shape index (κ1) is 21.6. The smallest absolute Gasteiger partial charge is 0.480 e. The Kier molecular flexibility index (Phi) is 6.25. The fourth-order valence-corrected chi connectivity index (χ4v) is 4.04. The fraction of sp³-hybridized carbons (Fsp3) is 0.167. The highest BCUT2D eigenvalue weighted by molar-refractivity contribution is 6.58. The molecule has 0 bridgehead atoms. The number of alkyl carbamates (subject to hydrolysis) is 1. The van der Waals surface area contributed by atoms with E-state index in [1.165, 1.54) is 12.1 Å². The summed E-state index contributed by atoms with van der Waals surface area (Å²) in [5.41, 5.74) is 5.28. The third-order valence-corrected chi connectivity index (χ3v) is 5.65. The zero-order valence-electron chi connectivity index (χ0n) is 17.1. The molecule has 1 atom stereocenters. The Morgan fingerprint density at radius 1 is 0.906 bits per heavy atom. The van der Waals surface area contributed by atoms with Gasteiger partial charge in [0.1, 0.15) is 12.6 Å². The SMILES string of the molecule is O=C(N[C@@H](Cc1ccc(B(O)O)cc1)C(=O)O)OCC1c2ccccc2-c2ccccc21. The molecule has 0 saturated heterocycles. The van der Waals surface area contributed by atoms with Gasteiger partial charge in [0.2, 0.25) is 0 Å². The number of rotatable bonds is 7. The van der Waals surface area contributed by atoms with E-state index in [1.807, 2.05) is 48.5 Å². The summed E-state index contributed by atoms with van der Waals surface area (Å²) in [7, 11) is -1.60. The van der Waals surface area contributed by atoms with Crippen LogP contribution in [-0.4, -0.2) is 47.0 Å². The Hall–Kier alpha value is -3.62. The van der Waals surface area contributed by atoms with Crippen molar-refractivity contribution in [3.05, 3.63) is 89.5 Å². The number of ether oxygens (including phenoxy) is 1. The average Bonchev–Trinajstić information content (AvgIpc) is 3.11. The standard InChI is InChI=1S/C24H22BNO6/c27-23(28)22(13-15-9-11-16(12-10-15)25(30)31)26-24(29)32-14-21-19-7-3-1-5-17(19)18-6-2-4-8-20(18)21/h1-12,21-22,30-31H,13-14H2,(H,26,29)(H,27,28)/t22-/m0/s1. The van der Waals surface area contributed by atoms with E-state index in [4.69, 9.17) is 14.8 Å². The van der Waals surface area contributed by atoms with Crippen LogP contribution in [-0.2, 0) is 16.0 Å². The molecule has 3 aromatic rings. The summed E-state index contributed by atoms with van der Waals surface area (Å²) >= 11 is 0. The molecule has 1 amide bonds. The highest BCUT2D eigenvalue weighted by Crippen LogP contribution is 2.44. The van der Waals surface area contributed by atoms with E-state index in [1.54, 1.807) is 12.1 Å². The summed E-state index contributed by atoms with van der Waals surface area (Å²) in [5, 5.41) is 30.3. The fourth-order valence-electron chi connectivity index (χ4n) is 4.04. The van der Waals surface area contributed by atoms with Crippen molar-refractivity contribution in [3.8, 4) is 11.1 Å². The molecule has 3 aromatic carbocycles. The number of carbonyl (C=O) groups excluding carboxylic acids is 1. The largest absolute Gasteiger partial charge is 0.488 e. The average molecular weight is 431 g/mol. The highest BCUT2D eigenvalue weighted by Gasteiger charge is 2.29. The van der Waals surface area contributed by atoms with Crippen LogP contribution in [0.1, 0.15) is 22.6 Å². The molecule has 8 heteroatoms. The van der Waals surface area contributed by atoms with Crippen LogP contribution in [0.15, 0.2) is 72.8 Å². The lowest BCUT2D eigenvalue weighted by molar-refractivity contribution is -0.139. The number of carbonyl (C=O) groups is 2. The number of aliphatic carboxylic acids is 1. The maximum Gasteiger partial charge on any atom is 0.488 e. The molecule has 0 unspecified atom stereocenters. The van der Waals surface area contributed by atoms with Gasteiger partial charge in [-0.25, -0.2) is 9.59 Å². The molecule has 7 nitrogen and oxygen atoms in total. The molecular formula is C24H22BNO6. The Balaban J connectivity index is 1.41. The van der Waals surface area contributed by atoms with Crippen LogP contribution >= 0.6 is 0 Å². The number of nitrogens with one attached hydrogen (secondary N) is 1. The number of carboxylic acid groups (broad SMARTS) is 1. The van der Waals surface area contributed by atoms with Gasteiger partial charge < -0.3 is 25.2 Å². The van der Waals surface area contributed by atoms with Crippen molar-refractivity contribution in [2.45, 2.75) is 18.4 Å². The molecular weight excluding hydrogens is 409 g/mol. The van der Waals surface area contributed by atoms with Crippen molar-refractivity contribution in [1.82, 2.24) is 5.32 Å². The summed E-state index contributed by atoms with van der Waals surface area (Å²) in [4.78, 5) is 24.1. The van der Waals surface area contributed by atoms with Gasteiger partial charge in [0.05, 0.1) is 0 Å². The van der Waals surface area contributed by atoms with Crippen LogP contribution in [0, 0.1) is 0 Å². The van der Waals surface area contributed by atoms with Crippen LogP contribution in [0.5, 0.6) is 0 Å². The first-order valence-corrected chi connectivity index (χ1v) is 10.2. The first-order chi connectivity index (χ1) is 15.4. The van der Waals surface area contributed by atoms with E-state index in [2.05, 4.69) is 5.32 Å². The number of carboxylic acids is 1. The van der Waals surface area contributed by atoms with Gasteiger partial charge in [0.15, 0.2) is 0 Å². The van der Waals surface area contributed by atoms with E-state index in [0.717, 1.165) is 22.3 Å². The van der Waals surface area contributed by atoms with Crippen molar-refractivity contribution in [2.24, 2.45) is 0 Å². The molecule has 162 valence electrons. The van der Waals surface area contributed by atoms with Gasteiger partial charge >= 0.3 is 19.2 Å². The van der Waals surface area contributed by atoms with E-state index < -0.39 is 25.2 Å². The van der Waals surface area contributed by atoms with Gasteiger partial charge in [0.25, 0.3) is 0 Å². The molecule has 1 aliphatic rings. The van der Waals surface area contributed by atoms with Crippen molar-refractivity contribution >= 4 is 24.6 Å². The molecule has 4 N–H and O–H groups in total. The van der Waals surface area contributed by atoms with E-state index in [0.29, 0.717) is 11.0 Å². The Bertz CT molecular complexity index is 1090. The molecule has 0 aliphatic heterocycles. The maximum atomic E-state index is 12.4. The van der Waals surface area contributed by atoms with Crippen LogP contribution in [0.2, 0.25) is 0 Å². The normalized spacial score (nSPS) is 13.1. The van der Waals surface area contributed by atoms with Crippen molar-refractivity contribution in [3.63, 3.8) is 0 Å². The van der Waals surface area contributed by atoms with Crippen molar-refractivity contribution < 1.29 is 29.5 Å². The van der Waals surface area contributed by atoms with Crippen molar-refractivity contribution in [1.29, 1.82) is 0 Å². The minimum Gasteiger partial charge on any atom is -0.480 e.